The van der Waals surface area contributed by atoms with Crippen molar-refractivity contribution < 1.29 is 9.68 Å². The number of aryl methyl sites for hydroxylation is 1. The van der Waals surface area contributed by atoms with Crippen molar-refractivity contribution in [2.75, 3.05) is 5.23 Å². The Kier molecular flexibility index (Phi) is 2.48. The summed E-state index contributed by atoms with van der Waals surface area (Å²) in [6.07, 6.45) is 0. The molecular weight excluding hydrogens is 202 g/mol. The fraction of sp³-hybridized carbons (Fsp3) is 0.538. The third-order valence-corrected chi connectivity index (χ3v) is 3.32. The van der Waals surface area contributed by atoms with Crippen molar-refractivity contribution in [2.24, 2.45) is 0 Å². The minimum atomic E-state index is -0.335. The Morgan fingerprint density at radius 3 is 1.75 bits per heavy atom. The summed E-state index contributed by atoms with van der Waals surface area (Å²) in [7, 11) is 0. The van der Waals surface area contributed by atoms with Crippen LogP contribution in [0, 0.1) is 6.92 Å². The van der Waals surface area contributed by atoms with Crippen LogP contribution >= 0.6 is 0 Å². The first-order valence-electron chi connectivity index (χ1n) is 5.57. The molecule has 1 aliphatic rings. The van der Waals surface area contributed by atoms with E-state index in [0.717, 1.165) is 5.69 Å². The van der Waals surface area contributed by atoms with Crippen molar-refractivity contribution in [2.45, 2.75) is 45.8 Å². The Labute approximate surface area is 96.9 Å². The molecule has 0 unspecified atom stereocenters. The zero-order chi connectivity index (χ0) is 12.0. The highest BCUT2D eigenvalue weighted by Gasteiger charge is 2.49. The molecule has 1 aromatic carbocycles. The van der Waals surface area contributed by atoms with Gasteiger partial charge >= 0.3 is 0 Å². The molecular formula is C13H19NO2. The summed E-state index contributed by atoms with van der Waals surface area (Å²) in [6, 6.07) is 8.07. The van der Waals surface area contributed by atoms with Gasteiger partial charge in [0, 0.05) is 0 Å². The smallest absolute Gasteiger partial charge is 0.124 e. The third kappa shape index (κ3) is 1.81. The average molecular weight is 221 g/mol. The summed E-state index contributed by atoms with van der Waals surface area (Å²) in [6.45, 7) is 10.2. The van der Waals surface area contributed by atoms with Gasteiger partial charge < -0.3 is 0 Å². The van der Waals surface area contributed by atoms with Crippen molar-refractivity contribution in [3.63, 3.8) is 0 Å². The molecule has 1 saturated heterocycles. The third-order valence-electron chi connectivity index (χ3n) is 3.32. The fourth-order valence-electron chi connectivity index (χ4n) is 1.42. The second-order valence-corrected chi connectivity index (χ2v) is 5.30. The summed E-state index contributed by atoms with van der Waals surface area (Å²) in [5, 5.41) is 1.51. The molecule has 1 fully saturated rings. The summed E-state index contributed by atoms with van der Waals surface area (Å²) in [5.41, 5.74) is 1.47. The normalized spacial score (nSPS) is 22.4. The summed E-state index contributed by atoms with van der Waals surface area (Å²) in [5.74, 6) is 0. The van der Waals surface area contributed by atoms with Crippen LogP contribution in [-0.4, -0.2) is 11.2 Å². The molecule has 16 heavy (non-hydrogen) atoms. The van der Waals surface area contributed by atoms with Crippen LogP contribution in [0.15, 0.2) is 24.3 Å². The van der Waals surface area contributed by atoms with Crippen LogP contribution in [0.2, 0.25) is 0 Å². The van der Waals surface area contributed by atoms with E-state index in [9.17, 15) is 0 Å². The molecule has 3 heteroatoms. The van der Waals surface area contributed by atoms with Gasteiger partial charge in [-0.2, -0.15) is 0 Å². The van der Waals surface area contributed by atoms with Crippen LogP contribution in [0.25, 0.3) is 0 Å². The lowest BCUT2D eigenvalue weighted by Crippen LogP contribution is -2.41. The summed E-state index contributed by atoms with van der Waals surface area (Å²) in [4.78, 5) is 11.6. The summed E-state index contributed by atoms with van der Waals surface area (Å²) < 4.78 is 0. The topological polar surface area (TPSA) is 21.7 Å². The number of rotatable bonds is 1. The van der Waals surface area contributed by atoms with E-state index in [1.807, 2.05) is 52.0 Å². The van der Waals surface area contributed by atoms with E-state index in [1.54, 1.807) is 0 Å². The van der Waals surface area contributed by atoms with Gasteiger partial charge in [-0.1, -0.05) is 17.7 Å². The van der Waals surface area contributed by atoms with E-state index < -0.39 is 0 Å². The molecule has 0 spiro atoms. The number of hydrogen-bond donors (Lipinski definition) is 0. The van der Waals surface area contributed by atoms with E-state index in [0.29, 0.717) is 0 Å². The number of anilines is 1. The van der Waals surface area contributed by atoms with Gasteiger partial charge in [-0.15, -0.1) is 5.23 Å². The molecule has 1 heterocycles. The minimum Gasteiger partial charge on any atom is -0.239 e. The second kappa shape index (κ2) is 3.47. The fourth-order valence-corrected chi connectivity index (χ4v) is 1.42. The van der Waals surface area contributed by atoms with Gasteiger partial charge in [-0.25, -0.2) is 9.68 Å². The lowest BCUT2D eigenvalue weighted by atomic mass is 9.90. The Morgan fingerprint density at radius 1 is 0.875 bits per heavy atom. The lowest BCUT2D eigenvalue weighted by Gasteiger charge is -2.26. The van der Waals surface area contributed by atoms with Crippen LogP contribution in [0.1, 0.15) is 33.3 Å². The lowest BCUT2D eigenvalue weighted by molar-refractivity contribution is -0.0273. The monoisotopic (exact) mass is 221 g/mol. The van der Waals surface area contributed by atoms with Gasteiger partial charge in [0.2, 0.25) is 0 Å². The molecule has 0 aromatic heterocycles. The predicted molar refractivity (Wildman–Crippen MR) is 64.0 cm³/mol. The zero-order valence-electron chi connectivity index (χ0n) is 10.6. The molecule has 0 aliphatic carbocycles. The molecule has 2 rings (SSSR count). The highest BCUT2D eigenvalue weighted by molar-refractivity contribution is 5.43. The van der Waals surface area contributed by atoms with Gasteiger partial charge in [0.1, 0.15) is 11.2 Å². The van der Waals surface area contributed by atoms with E-state index in [-0.39, 0.29) is 11.2 Å². The standard InChI is InChI=1S/C13H19NO2/c1-10-6-8-11(9-7-10)14-15-12(2,3)13(4,5)16-14/h6-9H,1-5H3. The quantitative estimate of drug-likeness (QED) is 0.726. The Bertz CT molecular complexity index is 365. The number of benzene rings is 1. The van der Waals surface area contributed by atoms with Crippen LogP contribution in [-0.2, 0) is 9.68 Å². The van der Waals surface area contributed by atoms with Crippen molar-refractivity contribution in [1.82, 2.24) is 0 Å². The van der Waals surface area contributed by atoms with Crippen LogP contribution in [0.5, 0.6) is 0 Å². The SMILES string of the molecule is Cc1ccc(N2OC(C)(C)C(C)(C)O2)cc1. The summed E-state index contributed by atoms with van der Waals surface area (Å²) >= 11 is 0. The maximum Gasteiger partial charge on any atom is 0.124 e. The molecule has 3 nitrogen and oxygen atoms in total. The first kappa shape index (κ1) is 11.4. The van der Waals surface area contributed by atoms with E-state index in [2.05, 4.69) is 6.92 Å². The molecule has 0 N–H and O–H groups in total. The van der Waals surface area contributed by atoms with Crippen LogP contribution < -0.4 is 5.23 Å². The minimum absolute atomic E-state index is 0.335. The Balaban J connectivity index is 2.23. The van der Waals surface area contributed by atoms with Gasteiger partial charge in [0.25, 0.3) is 0 Å². The first-order chi connectivity index (χ1) is 7.32. The number of hydrogen-bond acceptors (Lipinski definition) is 3. The maximum absolute atomic E-state index is 5.80. The van der Waals surface area contributed by atoms with Gasteiger partial charge in [-0.3, -0.25) is 0 Å². The second-order valence-electron chi connectivity index (χ2n) is 5.30. The largest absolute Gasteiger partial charge is 0.239 e. The molecule has 1 aromatic rings. The first-order valence-corrected chi connectivity index (χ1v) is 5.57. The van der Waals surface area contributed by atoms with Crippen molar-refractivity contribution in [3.05, 3.63) is 29.8 Å². The molecule has 0 saturated carbocycles. The predicted octanol–water partition coefficient (Wildman–Crippen LogP) is 3.24. The number of nitrogens with zero attached hydrogens (tertiary/aromatic N) is 1. The molecule has 0 atom stereocenters. The highest BCUT2D eigenvalue weighted by Crippen LogP contribution is 2.39. The van der Waals surface area contributed by atoms with E-state index in [1.165, 1.54) is 10.8 Å². The van der Waals surface area contributed by atoms with Crippen LogP contribution in [0.3, 0.4) is 0 Å². The Hall–Kier alpha value is -1.06. The Morgan fingerprint density at radius 2 is 1.31 bits per heavy atom. The highest BCUT2D eigenvalue weighted by atomic mass is 17.0. The van der Waals surface area contributed by atoms with Gasteiger partial charge in [0.15, 0.2) is 0 Å². The van der Waals surface area contributed by atoms with Crippen LogP contribution in [0.4, 0.5) is 5.69 Å². The average Bonchev–Trinajstić information content (AvgIpc) is 2.37. The van der Waals surface area contributed by atoms with Crippen molar-refractivity contribution >= 4 is 5.69 Å². The molecule has 0 amide bonds. The molecule has 1 aliphatic heterocycles. The van der Waals surface area contributed by atoms with Crippen molar-refractivity contribution in [3.8, 4) is 0 Å². The maximum atomic E-state index is 5.80. The molecule has 88 valence electrons. The molecule has 0 radical (unpaired) electrons. The van der Waals surface area contributed by atoms with Gasteiger partial charge in [0.05, 0.1) is 5.69 Å². The van der Waals surface area contributed by atoms with E-state index in [4.69, 9.17) is 9.68 Å². The molecule has 0 bridgehead atoms. The van der Waals surface area contributed by atoms with E-state index >= 15 is 0 Å². The van der Waals surface area contributed by atoms with Gasteiger partial charge in [-0.05, 0) is 46.8 Å². The van der Waals surface area contributed by atoms with Crippen molar-refractivity contribution in [1.29, 1.82) is 0 Å². The zero-order valence-corrected chi connectivity index (χ0v) is 10.6.